The fraction of sp³-hybridized carbons (Fsp3) is 0.308. The third-order valence-corrected chi connectivity index (χ3v) is 2.77. The molecule has 0 fully saturated rings. The van der Waals surface area contributed by atoms with Crippen LogP contribution >= 0.6 is 0 Å². The van der Waals surface area contributed by atoms with Gasteiger partial charge in [0, 0.05) is 30.7 Å². The highest BCUT2D eigenvalue weighted by molar-refractivity contribution is 5.73. The van der Waals surface area contributed by atoms with Crippen molar-refractivity contribution in [2.75, 3.05) is 7.11 Å². The number of carbonyl (C=O) groups excluding carboxylic acids is 1. The molecule has 1 atom stereocenters. The lowest BCUT2D eigenvalue weighted by molar-refractivity contribution is -0.144. The minimum Gasteiger partial charge on any atom is -0.467 e. The Morgan fingerprint density at radius 3 is 2.89 bits per heavy atom. The van der Waals surface area contributed by atoms with Gasteiger partial charge in [0.1, 0.15) is 11.9 Å². The second-order valence-electron chi connectivity index (χ2n) is 3.95. The van der Waals surface area contributed by atoms with E-state index in [1.54, 1.807) is 30.1 Å². The molecule has 0 N–H and O–H groups in total. The molecule has 0 bridgehead atoms. The van der Waals surface area contributed by atoms with Gasteiger partial charge in [0.15, 0.2) is 0 Å². The van der Waals surface area contributed by atoms with E-state index < -0.39 is 0 Å². The molecule has 0 aromatic carbocycles. The van der Waals surface area contributed by atoms with Crippen LogP contribution in [0.4, 0.5) is 0 Å². The molecule has 0 aliphatic rings. The quantitative estimate of drug-likeness (QED) is 0.768. The van der Waals surface area contributed by atoms with Gasteiger partial charge in [-0.1, -0.05) is 6.07 Å². The minimum atomic E-state index is -0.379. The van der Waals surface area contributed by atoms with Crippen molar-refractivity contribution in [3.05, 3.63) is 48.3 Å². The van der Waals surface area contributed by atoms with Crippen LogP contribution in [0.2, 0.25) is 0 Å². The molecule has 1 unspecified atom stereocenters. The number of imidazole rings is 1. The van der Waals surface area contributed by atoms with E-state index in [9.17, 15) is 4.79 Å². The standard InChI is InChI=1S/C13H15N3O2/c1-10(13(17)18-2)16-8-7-15-12(16)9-11-5-3-4-6-14-11/h3-8,10H,9H2,1-2H3. The number of ether oxygens (including phenoxy) is 1. The van der Waals surface area contributed by atoms with Gasteiger partial charge in [0.2, 0.25) is 0 Å². The first-order chi connectivity index (χ1) is 8.72. The number of carbonyl (C=O) groups is 1. The van der Waals surface area contributed by atoms with Crippen LogP contribution < -0.4 is 0 Å². The molecule has 0 radical (unpaired) electrons. The number of aromatic nitrogens is 3. The maximum absolute atomic E-state index is 11.5. The third-order valence-electron chi connectivity index (χ3n) is 2.77. The molecule has 2 aromatic rings. The second-order valence-corrected chi connectivity index (χ2v) is 3.95. The van der Waals surface area contributed by atoms with Gasteiger partial charge in [-0.3, -0.25) is 4.98 Å². The Labute approximate surface area is 105 Å². The Hall–Kier alpha value is -2.17. The number of methoxy groups -OCH3 is 1. The van der Waals surface area contributed by atoms with Crippen LogP contribution in [0.5, 0.6) is 0 Å². The average molecular weight is 245 g/mol. The fourth-order valence-corrected chi connectivity index (χ4v) is 1.78. The summed E-state index contributed by atoms with van der Waals surface area (Å²) in [6, 6.07) is 5.35. The molecule has 94 valence electrons. The molecule has 0 aliphatic heterocycles. The average Bonchev–Trinajstić information content (AvgIpc) is 2.86. The third kappa shape index (κ3) is 2.56. The summed E-state index contributed by atoms with van der Waals surface area (Å²) in [5.74, 6) is 0.516. The molecule has 2 aromatic heterocycles. The highest BCUT2D eigenvalue weighted by atomic mass is 16.5. The zero-order valence-corrected chi connectivity index (χ0v) is 10.4. The first kappa shape index (κ1) is 12.3. The van der Waals surface area contributed by atoms with Gasteiger partial charge in [0.25, 0.3) is 0 Å². The van der Waals surface area contributed by atoms with E-state index in [-0.39, 0.29) is 12.0 Å². The smallest absolute Gasteiger partial charge is 0.328 e. The lowest BCUT2D eigenvalue weighted by Crippen LogP contribution is -2.19. The van der Waals surface area contributed by atoms with Gasteiger partial charge in [0.05, 0.1) is 7.11 Å². The Morgan fingerprint density at radius 2 is 2.22 bits per heavy atom. The second kappa shape index (κ2) is 5.44. The van der Waals surface area contributed by atoms with Crippen LogP contribution in [0.1, 0.15) is 24.5 Å². The summed E-state index contributed by atoms with van der Waals surface area (Å²) in [5.41, 5.74) is 0.919. The lowest BCUT2D eigenvalue weighted by atomic mass is 10.2. The number of pyridine rings is 1. The number of hydrogen-bond donors (Lipinski definition) is 0. The zero-order chi connectivity index (χ0) is 13.0. The van der Waals surface area contributed by atoms with E-state index in [0.717, 1.165) is 11.5 Å². The molecule has 0 amide bonds. The van der Waals surface area contributed by atoms with Crippen molar-refractivity contribution in [1.82, 2.24) is 14.5 Å². The SMILES string of the molecule is COC(=O)C(C)n1ccnc1Cc1ccccn1. The number of esters is 1. The van der Waals surface area contributed by atoms with Crippen molar-refractivity contribution in [2.45, 2.75) is 19.4 Å². The Morgan fingerprint density at radius 1 is 1.39 bits per heavy atom. The van der Waals surface area contributed by atoms with E-state index in [1.165, 1.54) is 7.11 Å². The predicted octanol–water partition coefficient (Wildman–Crippen LogP) is 1.60. The van der Waals surface area contributed by atoms with Gasteiger partial charge in [-0.15, -0.1) is 0 Å². The lowest BCUT2D eigenvalue weighted by Gasteiger charge is -2.13. The zero-order valence-electron chi connectivity index (χ0n) is 10.4. The normalized spacial score (nSPS) is 12.1. The molecule has 0 aliphatic carbocycles. The number of nitrogens with zero attached hydrogens (tertiary/aromatic N) is 3. The van der Waals surface area contributed by atoms with Crippen molar-refractivity contribution in [1.29, 1.82) is 0 Å². The Kier molecular flexibility index (Phi) is 3.72. The monoisotopic (exact) mass is 245 g/mol. The van der Waals surface area contributed by atoms with Crippen molar-refractivity contribution < 1.29 is 9.53 Å². The van der Waals surface area contributed by atoms with Crippen molar-refractivity contribution >= 4 is 5.97 Å². The molecule has 5 heteroatoms. The molecular formula is C13H15N3O2. The molecule has 5 nitrogen and oxygen atoms in total. The number of rotatable bonds is 4. The molecule has 0 spiro atoms. The van der Waals surface area contributed by atoms with E-state index in [2.05, 4.69) is 9.97 Å². The maximum atomic E-state index is 11.5. The largest absolute Gasteiger partial charge is 0.467 e. The fourth-order valence-electron chi connectivity index (χ4n) is 1.78. The van der Waals surface area contributed by atoms with E-state index >= 15 is 0 Å². The molecule has 2 rings (SSSR count). The van der Waals surface area contributed by atoms with Crippen molar-refractivity contribution in [2.24, 2.45) is 0 Å². The highest BCUT2D eigenvalue weighted by Crippen LogP contribution is 2.13. The molecule has 0 saturated carbocycles. The summed E-state index contributed by atoms with van der Waals surface area (Å²) >= 11 is 0. The van der Waals surface area contributed by atoms with Crippen LogP contribution in [-0.4, -0.2) is 27.6 Å². The molecular weight excluding hydrogens is 230 g/mol. The van der Waals surface area contributed by atoms with Crippen LogP contribution in [0.3, 0.4) is 0 Å². The summed E-state index contributed by atoms with van der Waals surface area (Å²) in [5, 5.41) is 0. The van der Waals surface area contributed by atoms with Crippen LogP contribution in [-0.2, 0) is 16.0 Å². The number of hydrogen-bond acceptors (Lipinski definition) is 4. The molecule has 2 heterocycles. The van der Waals surface area contributed by atoms with Crippen molar-refractivity contribution in [3.8, 4) is 0 Å². The van der Waals surface area contributed by atoms with E-state index in [0.29, 0.717) is 6.42 Å². The Balaban J connectivity index is 2.20. The van der Waals surface area contributed by atoms with Gasteiger partial charge in [-0.25, -0.2) is 9.78 Å². The molecule has 18 heavy (non-hydrogen) atoms. The first-order valence-electron chi connectivity index (χ1n) is 5.72. The summed E-state index contributed by atoms with van der Waals surface area (Å²) in [6.07, 6.45) is 5.79. The Bertz CT molecular complexity index is 522. The van der Waals surface area contributed by atoms with Gasteiger partial charge >= 0.3 is 5.97 Å². The van der Waals surface area contributed by atoms with E-state index in [4.69, 9.17) is 4.74 Å². The molecule has 0 saturated heterocycles. The summed E-state index contributed by atoms with van der Waals surface area (Å²) < 4.78 is 6.54. The summed E-state index contributed by atoms with van der Waals surface area (Å²) in [6.45, 7) is 1.79. The topological polar surface area (TPSA) is 57.0 Å². The first-order valence-corrected chi connectivity index (χ1v) is 5.72. The summed E-state index contributed by atoms with van der Waals surface area (Å²) in [7, 11) is 1.38. The summed E-state index contributed by atoms with van der Waals surface area (Å²) in [4.78, 5) is 20.0. The van der Waals surface area contributed by atoms with Crippen LogP contribution in [0.25, 0.3) is 0 Å². The predicted molar refractivity (Wildman–Crippen MR) is 66.0 cm³/mol. The van der Waals surface area contributed by atoms with Gasteiger partial charge in [-0.2, -0.15) is 0 Å². The van der Waals surface area contributed by atoms with E-state index in [1.807, 2.05) is 18.2 Å². The van der Waals surface area contributed by atoms with Gasteiger partial charge in [-0.05, 0) is 19.1 Å². The van der Waals surface area contributed by atoms with Crippen LogP contribution in [0, 0.1) is 0 Å². The highest BCUT2D eigenvalue weighted by Gasteiger charge is 2.18. The minimum absolute atomic E-state index is 0.282. The van der Waals surface area contributed by atoms with Gasteiger partial charge < -0.3 is 9.30 Å². The van der Waals surface area contributed by atoms with Crippen LogP contribution in [0.15, 0.2) is 36.8 Å². The maximum Gasteiger partial charge on any atom is 0.328 e. The van der Waals surface area contributed by atoms with Crippen molar-refractivity contribution in [3.63, 3.8) is 0 Å².